The summed E-state index contributed by atoms with van der Waals surface area (Å²) < 4.78 is -1.33. The van der Waals surface area contributed by atoms with Crippen LogP contribution in [0, 0.1) is 11.8 Å². The van der Waals surface area contributed by atoms with Crippen molar-refractivity contribution >= 4 is 52.5 Å². The first kappa shape index (κ1) is 28.5. The number of amides is 3. The molecule has 0 radical (unpaired) electrons. The zero-order valence-electron chi connectivity index (χ0n) is 22.5. The van der Waals surface area contributed by atoms with Crippen LogP contribution in [0.4, 0.5) is 11.4 Å². The number of carbonyl (C=O) groups is 3. The van der Waals surface area contributed by atoms with Gasteiger partial charge in [0.1, 0.15) is 6.04 Å². The standard InChI is InChI=1S/C31H34ClN3O4S/c1-4-17-33(21-11-7-6-8-12-21)27(37)24-25-28(38)35(19-20-36)26(31(25)16-15-30(24,3)40-31)29(39)34(18-5-2)23-14-10-9-13-22(23)32/h4-14,24-26,36H,1-2,15-20H2,3H3/t24-,25-,26?,30+,31?/m0/s1. The minimum atomic E-state index is -0.859. The summed E-state index contributed by atoms with van der Waals surface area (Å²) in [5.74, 6) is -2.02. The number of rotatable bonds is 10. The summed E-state index contributed by atoms with van der Waals surface area (Å²) in [6.07, 6.45) is 4.62. The van der Waals surface area contributed by atoms with Gasteiger partial charge in [-0.1, -0.05) is 54.1 Å². The van der Waals surface area contributed by atoms with Gasteiger partial charge in [-0.2, -0.15) is 0 Å². The van der Waals surface area contributed by atoms with E-state index in [1.165, 1.54) is 4.90 Å². The fraction of sp³-hybridized carbons (Fsp3) is 0.387. The average Bonchev–Trinajstić information content (AvgIpc) is 3.51. The number of thioether (sulfide) groups is 1. The molecule has 3 saturated heterocycles. The third kappa shape index (κ3) is 4.37. The number of carbonyl (C=O) groups excluding carboxylic acids is 3. The first-order valence-corrected chi connectivity index (χ1v) is 14.7. The van der Waals surface area contributed by atoms with E-state index in [4.69, 9.17) is 11.6 Å². The highest BCUT2D eigenvalue weighted by Gasteiger charge is 2.77. The number of anilines is 2. The lowest BCUT2D eigenvalue weighted by molar-refractivity contribution is -0.140. The van der Waals surface area contributed by atoms with Gasteiger partial charge in [0.25, 0.3) is 5.91 Å². The van der Waals surface area contributed by atoms with E-state index in [1.54, 1.807) is 58.0 Å². The summed E-state index contributed by atoms with van der Waals surface area (Å²) >= 11 is 8.12. The van der Waals surface area contributed by atoms with Gasteiger partial charge in [0, 0.05) is 30.1 Å². The molecule has 9 heteroatoms. The first-order chi connectivity index (χ1) is 19.2. The number of hydrogen-bond donors (Lipinski definition) is 1. The monoisotopic (exact) mass is 579 g/mol. The predicted molar refractivity (Wildman–Crippen MR) is 161 cm³/mol. The van der Waals surface area contributed by atoms with Crippen molar-refractivity contribution < 1.29 is 19.5 Å². The van der Waals surface area contributed by atoms with Gasteiger partial charge in [-0.25, -0.2) is 0 Å². The van der Waals surface area contributed by atoms with Crippen molar-refractivity contribution in [2.45, 2.75) is 35.3 Å². The van der Waals surface area contributed by atoms with E-state index in [-0.39, 0.29) is 37.4 Å². The van der Waals surface area contributed by atoms with Crippen LogP contribution in [0.2, 0.25) is 5.02 Å². The topological polar surface area (TPSA) is 81.2 Å². The zero-order chi connectivity index (χ0) is 28.7. The molecule has 3 aliphatic heterocycles. The molecule has 5 atom stereocenters. The largest absolute Gasteiger partial charge is 0.395 e. The number of aliphatic hydroxyl groups excluding tert-OH is 1. The molecule has 2 unspecified atom stereocenters. The van der Waals surface area contributed by atoms with E-state index < -0.39 is 27.4 Å². The van der Waals surface area contributed by atoms with E-state index in [9.17, 15) is 19.5 Å². The molecule has 3 heterocycles. The molecule has 7 nitrogen and oxygen atoms in total. The second-order valence-corrected chi connectivity index (χ2v) is 13.0. The molecule has 3 aliphatic rings. The average molecular weight is 580 g/mol. The number of fused-ring (bicyclic) bond motifs is 1. The predicted octanol–water partition coefficient (Wildman–Crippen LogP) is 4.55. The number of benzene rings is 2. The number of hydrogen-bond acceptors (Lipinski definition) is 5. The molecule has 1 N–H and O–H groups in total. The molecular formula is C31H34ClN3O4S. The number of halogens is 1. The smallest absolute Gasteiger partial charge is 0.251 e. The van der Waals surface area contributed by atoms with Crippen LogP contribution in [0.15, 0.2) is 79.9 Å². The van der Waals surface area contributed by atoms with Crippen molar-refractivity contribution in [1.29, 1.82) is 0 Å². The van der Waals surface area contributed by atoms with Crippen LogP contribution in [-0.2, 0) is 14.4 Å². The molecule has 210 valence electrons. The highest BCUT2D eigenvalue weighted by atomic mass is 35.5. The number of β-amino-alcohol motifs (C(OH)–C–C–N with tert-alkyl or cyclic N) is 1. The Balaban J connectivity index is 1.59. The third-order valence-corrected chi connectivity index (χ3v) is 10.8. The SMILES string of the molecule is C=CCN(C(=O)[C@@H]1[C@H]2C(=O)N(CCO)C(C(=O)N(CC=C)c3ccccc3Cl)C23CC[C@@]1(C)S3)c1ccccc1. The fourth-order valence-corrected chi connectivity index (χ4v) is 9.49. The molecule has 0 aliphatic carbocycles. The van der Waals surface area contributed by atoms with Crippen molar-refractivity contribution in [3.05, 3.63) is 84.9 Å². The van der Waals surface area contributed by atoms with E-state index in [2.05, 4.69) is 13.2 Å². The minimum absolute atomic E-state index is 0.00514. The number of nitrogens with zero attached hydrogens (tertiary/aromatic N) is 3. The molecule has 3 amide bonds. The van der Waals surface area contributed by atoms with Gasteiger partial charge in [0.05, 0.1) is 33.9 Å². The maximum absolute atomic E-state index is 14.5. The Hall–Kier alpha value is -3.07. The van der Waals surface area contributed by atoms with Crippen LogP contribution < -0.4 is 9.80 Å². The summed E-state index contributed by atoms with van der Waals surface area (Å²) in [4.78, 5) is 47.9. The van der Waals surface area contributed by atoms with Gasteiger partial charge in [0.2, 0.25) is 11.8 Å². The minimum Gasteiger partial charge on any atom is -0.395 e. The summed E-state index contributed by atoms with van der Waals surface area (Å²) in [6.45, 7) is 9.95. The fourth-order valence-electron chi connectivity index (χ4n) is 6.91. The van der Waals surface area contributed by atoms with Gasteiger partial charge in [-0.3, -0.25) is 14.4 Å². The summed E-state index contributed by atoms with van der Waals surface area (Å²) in [6, 6.07) is 15.6. The van der Waals surface area contributed by atoms with Gasteiger partial charge < -0.3 is 19.8 Å². The van der Waals surface area contributed by atoms with Crippen molar-refractivity contribution in [3.63, 3.8) is 0 Å². The number of likely N-dealkylation sites (tertiary alicyclic amines) is 1. The Kier molecular flexibility index (Phi) is 7.88. The van der Waals surface area contributed by atoms with Crippen molar-refractivity contribution in [1.82, 2.24) is 4.90 Å². The van der Waals surface area contributed by atoms with Gasteiger partial charge >= 0.3 is 0 Å². The Morgan fingerprint density at radius 3 is 2.35 bits per heavy atom. The highest BCUT2D eigenvalue weighted by molar-refractivity contribution is 8.02. The van der Waals surface area contributed by atoms with Crippen molar-refractivity contribution in [2.75, 3.05) is 36.0 Å². The van der Waals surface area contributed by atoms with Crippen LogP contribution in [0.3, 0.4) is 0 Å². The number of aliphatic hydroxyl groups is 1. The molecule has 1 spiro atoms. The second-order valence-electron chi connectivity index (χ2n) is 10.7. The molecule has 2 aromatic rings. The lowest BCUT2D eigenvalue weighted by Gasteiger charge is -2.38. The van der Waals surface area contributed by atoms with Gasteiger partial charge in [-0.05, 0) is 44.0 Å². The molecule has 0 saturated carbocycles. The van der Waals surface area contributed by atoms with E-state index >= 15 is 0 Å². The maximum Gasteiger partial charge on any atom is 0.251 e. The molecule has 2 bridgehead atoms. The third-order valence-electron chi connectivity index (χ3n) is 8.48. The molecule has 0 aromatic heterocycles. The molecule has 2 aromatic carbocycles. The molecule has 5 rings (SSSR count). The van der Waals surface area contributed by atoms with Crippen LogP contribution >= 0.6 is 23.4 Å². The Morgan fingerprint density at radius 1 is 1.05 bits per heavy atom. The normalized spacial score (nSPS) is 28.3. The molecule has 40 heavy (non-hydrogen) atoms. The second kappa shape index (κ2) is 11.1. The Labute approximate surface area is 244 Å². The molecular weight excluding hydrogens is 546 g/mol. The van der Waals surface area contributed by atoms with Crippen LogP contribution in [0.5, 0.6) is 0 Å². The molecule has 3 fully saturated rings. The van der Waals surface area contributed by atoms with Crippen LogP contribution in [0.25, 0.3) is 0 Å². The van der Waals surface area contributed by atoms with Crippen LogP contribution in [0.1, 0.15) is 19.8 Å². The van der Waals surface area contributed by atoms with Crippen molar-refractivity contribution in [3.8, 4) is 0 Å². The lowest BCUT2D eigenvalue weighted by atomic mass is 9.66. The Morgan fingerprint density at radius 2 is 1.70 bits per heavy atom. The summed E-state index contributed by atoms with van der Waals surface area (Å²) in [5.41, 5.74) is 1.27. The number of para-hydroxylation sites is 2. The van der Waals surface area contributed by atoms with E-state index in [0.717, 1.165) is 5.69 Å². The zero-order valence-corrected chi connectivity index (χ0v) is 24.1. The first-order valence-electron chi connectivity index (χ1n) is 13.5. The van der Waals surface area contributed by atoms with Crippen molar-refractivity contribution in [2.24, 2.45) is 11.8 Å². The van der Waals surface area contributed by atoms with E-state index in [1.807, 2.05) is 37.3 Å². The highest BCUT2D eigenvalue weighted by Crippen LogP contribution is 2.71. The summed E-state index contributed by atoms with van der Waals surface area (Å²) in [5, 5.41) is 10.4. The Bertz CT molecular complexity index is 1340. The quantitative estimate of drug-likeness (QED) is 0.418. The van der Waals surface area contributed by atoms with Gasteiger partial charge in [-0.15, -0.1) is 24.9 Å². The summed E-state index contributed by atoms with van der Waals surface area (Å²) in [7, 11) is 0. The maximum atomic E-state index is 14.5. The van der Waals surface area contributed by atoms with Crippen LogP contribution in [-0.4, -0.2) is 69.5 Å². The lowest BCUT2D eigenvalue weighted by Crippen LogP contribution is -2.55. The van der Waals surface area contributed by atoms with Gasteiger partial charge in [0.15, 0.2) is 0 Å². The van der Waals surface area contributed by atoms with E-state index in [0.29, 0.717) is 30.1 Å².